The molecule has 0 aliphatic heterocycles. The van der Waals surface area contributed by atoms with Crippen molar-refractivity contribution < 1.29 is 9.84 Å². The average molecular weight is 264 g/mol. The smallest absolute Gasteiger partial charge is 0.163 e. The molecule has 6 heteroatoms. The van der Waals surface area contributed by atoms with Crippen molar-refractivity contribution in [2.75, 3.05) is 7.11 Å². The van der Waals surface area contributed by atoms with Gasteiger partial charge in [0.15, 0.2) is 5.75 Å². The van der Waals surface area contributed by atoms with E-state index >= 15 is 0 Å². The lowest BCUT2D eigenvalue weighted by atomic mass is 10.1. The van der Waals surface area contributed by atoms with Crippen LogP contribution >= 0.6 is 0 Å². The summed E-state index contributed by atoms with van der Waals surface area (Å²) in [5.74, 6) is 0.595. The second kappa shape index (κ2) is 5.88. The molecule has 104 valence electrons. The number of aliphatic hydroxyl groups excluding tert-OH is 1. The largest absolute Gasteiger partial charge is 0.493 e. The molecule has 2 aromatic rings. The van der Waals surface area contributed by atoms with Crippen LogP contribution in [0.4, 0.5) is 0 Å². The number of methoxy groups -OCH3 is 1. The maximum atomic E-state index is 10.5. The van der Waals surface area contributed by atoms with Gasteiger partial charge in [-0.2, -0.15) is 10.2 Å². The molecular weight excluding hydrogens is 244 g/mol. The van der Waals surface area contributed by atoms with Crippen LogP contribution in [-0.2, 0) is 13.1 Å². The van der Waals surface area contributed by atoms with Crippen molar-refractivity contribution in [2.24, 2.45) is 0 Å². The molecule has 0 aliphatic rings. The Morgan fingerprint density at radius 1 is 1.32 bits per heavy atom. The summed E-state index contributed by atoms with van der Waals surface area (Å²) in [6, 6.07) is 0. The molecule has 2 heterocycles. The molecule has 0 radical (unpaired) electrons. The van der Waals surface area contributed by atoms with Gasteiger partial charge in [-0.05, 0) is 13.3 Å². The van der Waals surface area contributed by atoms with Crippen molar-refractivity contribution in [3.05, 3.63) is 29.8 Å². The summed E-state index contributed by atoms with van der Waals surface area (Å²) in [7, 11) is 1.58. The molecule has 0 saturated carbocycles. The number of hydrogen-bond acceptors (Lipinski definition) is 4. The zero-order chi connectivity index (χ0) is 13.8. The van der Waals surface area contributed by atoms with Crippen LogP contribution in [0.15, 0.2) is 18.6 Å². The Morgan fingerprint density at radius 3 is 2.74 bits per heavy atom. The van der Waals surface area contributed by atoms with Crippen molar-refractivity contribution in [3.63, 3.8) is 0 Å². The third-order valence-corrected chi connectivity index (χ3v) is 3.05. The Bertz CT molecular complexity index is 511. The zero-order valence-corrected chi connectivity index (χ0v) is 11.6. The first kappa shape index (κ1) is 13.6. The summed E-state index contributed by atoms with van der Waals surface area (Å²) < 4.78 is 8.82. The van der Waals surface area contributed by atoms with E-state index in [1.807, 2.05) is 17.8 Å². The van der Waals surface area contributed by atoms with Crippen molar-refractivity contribution >= 4 is 0 Å². The molecule has 0 saturated heterocycles. The van der Waals surface area contributed by atoms with E-state index in [0.29, 0.717) is 18.0 Å². The van der Waals surface area contributed by atoms with E-state index in [0.717, 1.165) is 18.5 Å². The van der Waals surface area contributed by atoms with Crippen LogP contribution in [0.3, 0.4) is 0 Å². The highest BCUT2D eigenvalue weighted by Crippen LogP contribution is 2.29. The van der Waals surface area contributed by atoms with Crippen LogP contribution < -0.4 is 4.74 Å². The van der Waals surface area contributed by atoms with E-state index in [-0.39, 0.29) is 0 Å². The number of aryl methyl sites for hydroxylation is 2. The zero-order valence-electron chi connectivity index (χ0n) is 11.6. The molecule has 1 unspecified atom stereocenters. The fourth-order valence-corrected chi connectivity index (χ4v) is 2.09. The molecule has 0 amide bonds. The summed E-state index contributed by atoms with van der Waals surface area (Å²) in [6.45, 7) is 5.59. The molecule has 6 nitrogen and oxygen atoms in total. The minimum atomic E-state index is -0.775. The standard InChI is InChI=1S/C13H20N4O2/c1-4-6-16-9-10(7-14-16)13(18)12-11(19-3)8-15-17(12)5-2/h7-9,13,18H,4-6H2,1-3H3. The molecule has 0 aromatic carbocycles. The number of aromatic nitrogens is 4. The van der Waals surface area contributed by atoms with Crippen molar-refractivity contribution in [3.8, 4) is 5.75 Å². The first-order valence-electron chi connectivity index (χ1n) is 6.51. The first-order valence-corrected chi connectivity index (χ1v) is 6.51. The van der Waals surface area contributed by atoms with Crippen molar-refractivity contribution in [2.45, 2.75) is 39.5 Å². The predicted octanol–water partition coefficient (Wildman–Crippen LogP) is 1.60. The number of rotatable bonds is 6. The molecule has 2 aromatic heterocycles. The Balaban J connectivity index is 2.31. The highest BCUT2D eigenvalue weighted by atomic mass is 16.5. The van der Waals surface area contributed by atoms with Gasteiger partial charge in [-0.1, -0.05) is 6.92 Å². The first-order chi connectivity index (χ1) is 9.21. The van der Waals surface area contributed by atoms with Crippen LogP contribution in [0, 0.1) is 0 Å². The average Bonchev–Trinajstić information content (AvgIpc) is 3.04. The van der Waals surface area contributed by atoms with Crippen LogP contribution in [0.2, 0.25) is 0 Å². The van der Waals surface area contributed by atoms with Gasteiger partial charge in [0.1, 0.15) is 11.8 Å². The van der Waals surface area contributed by atoms with Gasteiger partial charge in [0.25, 0.3) is 0 Å². The Hall–Kier alpha value is -1.82. The molecule has 1 N–H and O–H groups in total. The SMILES string of the molecule is CCCn1cc(C(O)c2c(OC)cnn2CC)cn1. The van der Waals surface area contributed by atoms with E-state index in [1.165, 1.54) is 0 Å². The Kier molecular flexibility index (Phi) is 4.21. The second-order valence-corrected chi connectivity index (χ2v) is 4.35. The number of aliphatic hydroxyl groups is 1. The molecule has 0 bridgehead atoms. The van der Waals surface area contributed by atoms with Gasteiger partial charge in [0.05, 0.1) is 19.5 Å². The molecular formula is C13H20N4O2. The van der Waals surface area contributed by atoms with Crippen LogP contribution in [0.1, 0.15) is 37.6 Å². The normalized spacial score (nSPS) is 12.6. The monoisotopic (exact) mass is 264 g/mol. The van der Waals surface area contributed by atoms with Gasteiger partial charge >= 0.3 is 0 Å². The third kappa shape index (κ3) is 2.63. The van der Waals surface area contributed by atoms with E-state index in [9.17, 15) is 5.11 Å². The number of ether oxygens (including phenoxy) is 1. The van der Waals surface area contributed by atoms with Gasteiger partial charge in [-0.3, -0.25) is 9.36 Å². The highest BCUT2D eigenvalue weighted by Gasteiger charge is 2.22. The van der Waals surface area contributed by atoms with Gasteiger partial charge in [0.2, 0.25) is 0 Å². The summed E-state index contributed by atoms with van der Waals surface area (Å²) in [6.07, 6.45) is 5.40. The van der Waals surface area contributed by atoms with Gasteiger partial charge in [-0.25, -0.2) is 0 Å². The Labute approximate surface area is 112 Å². The fourth-order valence-electron chi connectivity index (χ4n) is 2.09. The molecule has 1 atom stereocenters. The fraction of sp³-hybridized carbons (Fsp3) is 0.538. The lowest BCUT2D eigenvalue weighted by molar-refractivity contribution is 0.202. The van der Waals surface area contributed by atoms with E-state index in [2.05, 4.69) is 17.1 Å². The van der Waals surface area contributed by atoms with Crippen LogP contribution in [-0.4, -0.2) is 31.8 Å². The van der Waals surface area contributed by atoms with Gasteiger partial charge in [0, 0.05) is 24.8 Å². The predicted molar refractivity (Wildman–Crippen MR) is 71.0 cm³/mol. The second-order valence-electron chi connectivity index (χ2n) is 4.35. The minimum Gasteiger partial charge on any atom is -0.493 e. The maximum Gasteiger partial charge on any atom is 0.163 e. The lowest BCUT2D eigenvalue weighted by Crippen LogP contribution is -2.10. The van der Waals surface area contributed by atoms with Gasteiger partial charge < -0.3 is 9.84 Å². The molecule has 19 heavy (non-hydrogen) atoms. The Morgan fingerprint density at radius 2 is 2.11 bits per heavy atom. The molecule has 0 fully saturated rings. The minimum absolute atomic E-state index is 0.595. The van der Waals surface area contributed by atoms with Crippen LogP contribution in [0.25, 0.3) is 0 Å². The summed E-state index contributed by atoms with van der Waals surface area (Å²) in [4.78, 5) is 0. The number of nitrogens with zero attached hydrogens (tertiary/aromatic N) is 4. The summed E-state index contributed by atoms with van der Waals surface area (Å²) in [5, 5.41) is 18.9. The van der Waals surface area contributed by atoms with Gasteiger partial charge in [-0.15, -0.1) is 0 Å². The summed E-state index contributed by atoms with van der Waals surface area (Å²) >= 11 is 0. The molecule has 2 rings (SSSR count). The third-order valence-electron chi connectivity index (χ3n) is 3.05. The van der Waals surface area contributed by atoms with Crippen molar-refractivity contribution in [1.29, 1.82) is 0 Å². The lowest BCUT2D eigenvalue weighted by Gasteiger charge is -2.12. The number of hydrogen-bond donors (Lipinski definition) is 1. The van der Waals surface area contributed by atoms with E-state index < -0.39 is 6.10 Å². The van der Waals surface area contributed by atoms with E-state index in [1.54, 1.807) is 24.2 Å². The van der Waals surface area contributed by atoms with E-state index in [4.69, 9.17) is 4.74 Å². The summed E-state index contributed by atoms with van der Waals surface area (Å²) in [5.41, 5.74) is 1.42. The topological polar surface area (TPSA) is 65.1 Å². The molecule has 0 aliphatic carbocycles. The van der Waals surface area contributed by atoms with Crippen molar-refractivity contribution in [1.82, 2.24) is 19.6 Å². The maximum absolute atomic E-state index is 10.5. The van der Waals surface area contributed by atoms with Crippen LogP contribution in [0.5, 0.6) is 5.75 Å². The quantitative estimate of drug-likeness (QED) is 0.860. The molecule has 0 spiro atoms. The highest BCUT2D eigenvalue weighted by molar-refractivity contribution is 5.33.